The number of rotatable bonds is 1. The predicted octanol–water partition coefficient (Wildman–Crippen LogP) is 3.24. The van der Waals surface area contributed by atoms with Crippen molar-refractivity contribution in [1.29, 1.82) is 0 Å². The quantitative estimate of drug-likeness (QED) is 0.781. The normalized spacial score (nSPS) is 11.1. The zero-order valence-electron chi connectivity index (χ0n) is 9.89. The van der Waals surface area contributed by atoms with Gasteiger partial charge in [0.1, 0.15) is 5.82 Å². The van der Waals surface area contributed by atoms with Gasteiger partial charge < -0.3 is 10.6 Å². The third kappa shape index (κ3) is 4.45. The van der Waals surface area contributed by atoms with Crippen molar-refractivity contribution in [2.24, 2.45) is 0 Å². The molecule has 0 amide bonds. The standard InChI is InChI=1S/C11H16BrN3S/c1-7-5-9(13-6-8(7)12)14-10(16)15-11(2,3)4/h5-6H,1-4H3,(H2,13,14,15,16). The molecule has 0 aliphatic carbocycles. The molecule has 0 aliphatic heterocycles. The number of thiocarbonyl (C=S) groups is 1. The Hall–Kier alpha value is -0.680. The third-order valence-corrected chi connectivity index (χ3v) is 2.81. The van der Waals surface area contributed by atoms with Gasteiger partial charge in [0.05, 0.1) is 0 Å². The van der Waals surface area contributed by atoms with Gasteiger partial charge in [0, 0.05) is 16.2 Å². The molecule has 0 fully saturated rings. The van der Waals surface area contributed by atoms with Gasteiger partial charge in [-0.2, -0.15) is 0 Å². The van der Waals surface area contributed by atoms with Crippen LogP contribution in [-0.4, -0.2) is 15.6 Å². The molecule has 5 heteroatoms. The summed E-state index contributed by atoms with van der Waals surface area (Å²) < 4.78 is 0.993. The van der Waals surface area contributed by atoms with Crippen LogP contribution < -0.4 is 10.6 Å². The molecule has 0 spiro atoms. The number of pyridine rings is 1. The van der Waals surface area contributed by atoms with E-state index in [-0.39, 0.29) is 5.54 Å². The van der Waals surface area contributed by atoms with Gasteiger partial charge in [0.2, 0.25) is 0 Å². The van der Waals surface area contributed by atoms with E-state index in [0.717, 1.165) is 15.9 Å². The first-order chi connectivity index (χ1) is 7.28. The second kappa shape index (κ2) is 5.10. The van der Waals surface area contributed by atoms with Crippen LogP contribution in [0.25, 0.3) is 0 Å². The van der Waals surface area contributed by atoms with Gasteiger partial charge in [0.25, 0.3) is 0 Å². The highest BCUT2D eigenvalue weighted by Gasteiger charge is 2.11. The monoisotopic (exact) mass is 301 g/mol. The number of anilines is 1. The second-order valence-electron chi connectivity index (χ2n) is 4.65. The van der Waals surface area contributed by atoms with Crippen molar-refractivity contribution in [2.45, 2.75) is 33.2 Å². The fourth-order valence-corrected chi connectivity index (χ4v) is 1.72. The molecule has 0 aliphatic rings. The smallest absolute Gasteiger partial charge is 0.172 e. The summed E-state index contributed by atoms with van der Waals surface area (Å²) >= 11 is 8.59. The van der Waals surface area contributed by atoms with Crippen LogP contribution in [0.3, 0.4) is 0 Å². The average Bonchev–Trinajstić information content (AvgIpc) is 2.08. The third-order valence-electron chi connectivity index (χ3n) is 1.78. The number of hydrogen-bond acceptors (Lipinski definition) is 2. The van der Waals surface area contributed by atoms with Crippen molar-refractivity contribution < 1.29 is 0 Å². The molecule has 1 heterocycles. The summed E-state index contributed by atoms with van der Waals surface area (Å²) in [5, 5.41) is 6.81. The summed E-state index contributed by atoms with van der Waals surface area (Å²) in [6, 6.07) is 1.95. The van der Waals surface area contributed by atoms with E-state index >= 15 is 0 Å². The maximum absolute atomic E-state index is 5.19. The van der Waals surface area contributed by atoms with Crippen molar-refractivity contribution >= 4 is 39.1 Å². The lowest BCUT2D eigenvalue weighted by Gasteiger charge is -2.22. The molecule has 88 valence electrons. The molecule has 1 aromatic rings. The molecule has 3 nitrogen and oxygen atoms in total. The van der Waals surface area contributed by atoms with Crippen LogP contribution in [-0.2, 0) is 0 Å². The summed E-state index contributed by atoms with van der Waals surface area (Å²) in [5.41, 5.74) is 1.07. The number of nitrogens with one attached hydrogen (secondary N) is 2. The Morgan fingerprint density at radius 2 is 2.06 bits per heavy atom. The Labute approximate surface area is 110 Å². The van der Waals surface area contributed by atoms with E-state index in [1.165, 1.54) is 0 Å². The molecule has 0 atom stereocenters. The zero-order valence-corrected chi connectivity index (χ0v) is 12.3. The van der Waals surface area contributed by atoms with Crippen LogP contribution >= 0.6 is 28.1 Å². The highest BCUT2D eigenvalue weighted by atomic mass is 79.9. The Morgan fingerprint density at radius 3 is 2.56 bits per heavy atom. The largest absolute Gasteiger partial charge is 0.358 e. The van der Waals surface area contributed by atoms with Gasteiger partial charge in [-0.05, 0) is 67.5 Å². The highest BCUT2D eigenvalue weighted by molar-refractivity contribution is 9.10. The fourth-order valence-electron chi connectivity index (χ4n) is 1.10. The molecule has 16 heavy (non-hydrogen) atoms. The summed E-state index contributed by atoms with van der Waals surface area (Å²) in [6.45, 7) is 8.18. The number of hydrogen-bond donors (Lipinski definition) is 2. The Bertz CT molecular complexity index is 399. The van der Waals surface area contributed by atoms with E-state index in [1.807, 2.05) is 13.0 Å². The fraction of sp³-hybridized carbons (Fsp3) is 0.455. The molecule has 0 aromatic carbocycles. The van der Waals surface area contributed by atoms with Crippen molar-refractivity contribution in [3.05, 3.63) is 22.3 Å². The van der Waals surface area contributed by atoms with Crippen LogP contribution in [0.4, 0.5) is 5.82 Å². The van der Waals surface area contributed by atoms with Crippen LogP contribution in [0.15, 0.2) is 16.7 Å². The van der Waals surface area contributed by atoms with Crippen molar-refractivity contribution in [1.82, 2.24) is 10.3 Å². The molecule has 0 radical (unpaired) electrons. The van der Waals surface area contributed by atoms with Gasteiger partial charge in [-0.15, -0.1) is 0 Å². The molecule has 0 saturated heterocycles. The first kappa shape index (κ1) is 13.4. The first-order valence-corrected chi connectivity index (χ1v) is 6.19. The molecule has 0 saturated carbocycles. The van der Waals surface area contributed by atoms with E-state index in [4.69, 9.17) is 12.2 Å². The van der Waals surface area contributed by atoms with E-state index in [2.05, 4.69) is 52.3 Å². The Kier molecular flexibility index (Phi) is 4.27. The Balaban J connectivity index is 2.67. The minimum absolute atomic E-state index is 0.0471. The molecule has 1 aromatic heterocycles. The number of halogens is 1. The zero-order chi connectivity index (χ0) is 12.3. The maximum Gasteiger partial charge on any atom is 0.172 e. The van der Waals surface area contributed by atoms with Gasteiger partial charge in [-0.25, -0.2) is 4.98 Å². The summed E-state index contributed by atoms with van der Waals surface area (Å²) in [5.74, 6) is 0.752. The van der Waals surface area contributed by atoms with Gasteiger partial charge >= 0.3 is 0 Å². The van der Waals surface area contributed by atoms with E-state index < -0.39 is 0 Å². The van der Waals surface area contributed by atoms with Crippen LogP contribution in [0, 0.1) is 6.92 Å². The van der Waals surface area contributed by atoms with Crippen molar-refractivity contribution in [3.8, 4) is 0 Å². The van der Waals surface area contributed by atoms with E-state index in [0.29, 0.717) is 5.11 Å². The van der Waals surface area contributed by atoms with Crippen LogP contribution in [0.2, 0.25) is 0 Å². The number of aryl methyl sites for hydroxylation is 1. The first-order valence-electron chi connectivity index (χ1n) is 4.99. The topological polar surface area (TPSA) is 37.0 Å². The minimum Gasteiger partial charge on any atom is -0.358 e. The van der Waals surface area contributed by atoms with Gasteiger partial charge in [-0.1, -0.05) is 0 Å². The van der Waals surface area contributed by atoms with Crippen molar-refractivity contribution in [3.63, 3.8) is 0 Å². The van der Waals surface area contributed by atoms with Crippen LogP contribution in [0.5, 0.6) is 0 Å². The maximum atomic E-state index is 5.19. The van der Waals surface area contributed by atoms with Gasteiger partial charge in [-0.3, -0.25) is 0 Å². The lowest BCUT2D eigenvalue weighted by atomic mass is 10.1. The molecule has 2 N–H and O–H groups in total. The molecular formula is C11H16BrN3S. The number of aromatic nitrogens is 1. The SMILES string of the molecule is Cc1cc(NC(=S)NC(C)(C)C)ncc1Br. The molecule has 0 bridgehead atoms. The summed E-state index contributed by atoms with van der Waals surface area (Å²) in [6.07, 6.45) is 1.76. The summed E-state index contributed by atoms with van der Waals surface area (Å²) in [7, 11) is 0. The lowest BCUT2D eigenvalue weighted by Crippen LogP contribution is -2.43. The van der Waals surface area contributed by atoms with Crippen LogP contribution in [0.1, 0.15) is 26.3 Å². The van der Waals surface area contributed by atoms with Crippen molar-refractivity contribution in [2.75, 3.05) is 5.32 Å². The summed E-state index contributed by atoms with van der Waals surface area (Å²) in [4.78, 5) is 4.22. The lowest BCUT2D eigenvalue weighted by molar-refractivity contribution is 0.515. The van der Waals surface area contributed by atoms with E-state index in [1.54, 1.807) is 6.20 Å². The second-order valence-corrected chi connectivity index (χ2v) is 5.91. The molecule has 1 rings (SSSR count). The van der Waals surface area contributed by atoms with Gasteiger partial charge in [0.15, 0.2) is 5.11 Å². The average molecular weight is 302 g/mol. The molecule has 0 unspecified atom stereocenters. The minimum atomic E-state index is -0.0471. The molecular weight excluding hydrogens is 286 g/mol. The highest BCUT2D eigenvalue weighted by Crippen LogP contribution is 2.17. The number of nitrogens with zero attached hydrogens (tertiary/aromatic N) is 1. The predicted molar refractivity (Wildman–Crippen MR) is 75.8 cm³/mol. The van der Waals surface area contributed by atoms with E-state index in [9.17, 15) is 0 Å². The Morgan fingerprint density at radius 1 is 1.44 bits per heavy atom.